The van der Waals surface area contributed by atoms with Crippen LogP contribution in [0.3, 0.4) is 0 Å². The second kappa shape index (κ2) is 8.96. The summed E-state index contributed by atoms with van der Waals surface area (Å²) in [6.45, 7) is 6.57. The fourth-order valence-corrected chi connectivity index (χ4v) is 2.34. The van der Waals surface area contributed by atoms with Gasteiger partial charge in [0.1, 0.15) is 6.04 Å². The van der Waals surface area contributed by atoms with Crippen molar-refractivity contribution >= 4 is 11.9 Å². The zero-order chi connectivity index (χ0) is 15.8. The number of amides is 1. The first kappa shape index (κ1) is 17.9. The van der Waals surface area contributed by atoms with Crippen molar-refractivity contribution in [3.63, 3.8) is 0 Å². The molecule has 1 aliphatic rings. The first-order valence-corrected chi connectivity index (χ1v) is 7.37. The van der Waals surface area contributed by atoms with E-state index in [0.29, 0.717) is 38.6 Å². The lowest BCUT2D eigenvalue weighted by Gasteiger charge is -2.32. The molecule has 122 valence electrons. The SMILES string of the molecule is COC(=O)C(CC(C)C)NC(=O)CN1CCOC(CN)C1. The molecule has 1 amide bonds. The van der Waals surface area contributed by atoms with Crippen LogP contribution in [0.1, 0.15) is 20.3 Å². The number of carbonyl (C=O) groups excluding carboxylic acids is 2. The van der Waals surface area contributed by atoms with Crippen LogP contribution in [-0.2, 0) is 19.1 Å². The van der Waals surface area contributed by atoms with Crippen LogP contribution in [0.15, 0.2) is 0 Å². The summed E-state index contributed by atoms with van der Waals surface area (Å²) >= 11 is 0. The molecule has 0 aliphatic carbocycles. The smallest absolute Gasteiger partial charge is 0.328 e. The van der Waals surface area contributed by atoms with Crippen molar-refractivity contribution in [1.29, 1.82) is 0 Å². The highest BCUT2D eigenvalue weighted by Crippen LogP contribution is 2.07. The summed E-state index contributed by atoms with van der Waals surface area (Å²) in [7, 11) is 1.33. The maximum Gasteiger partial charge on any atom is 0.328 e. The van der Waals surface area contributed by atoms with E-state index >= 15 is 0 Å². The molecule has 0 bridgehead atoms. The first-order valence-electron chi connectivity index (χ1n) is 7.37. The predicted molar refractivity (Wildman–Crippen MR) is 78.6 cm³/mol. The van der Waals surface area contributed by atoms with Crippen LogP contribution >= 0.6 is 0 Å². The van der Waals surface area contributed by atoms with E-state index in [2.05, 4.69) is 5.32 Å². The van der Waals surface area contributed by atoms with E-state index in [0.717, 1.165) is 0 Å². The highest BCUT2D eigenvalue weighted by atomic mass is 16.5. The fraction of sp³-hybridized carbons (Fsp3) is 0.857. The molecule has 7 heteroatoms. The minimum atomic E-state index is -0.589. The monoisotopic (exact) mass is 301 g/mol. The second-order valence-electron chi connectivity index (χ2n) is 5.74. The van der Waals surface area contributed by atoms with Crippen molar-refractivity contribution in [3.8, 4) is 0 Å². The van der Waals surface area contributed by atoms with Crippen LogP contribution in [0.5, 0.6) is 0 Å². The van der Waals surface area contributed by atoms with Crippen LogP contribution < -0.4 is 11.1 Å². The summed E-state index contributed by atoms with van der Waals surface area (Å²) in [5.41, 5.74) is 5.58. The van der Waals surface area contributed by atoms with E-state index in [4.69, 9.17) is 15.2 Å². The van der Waals surface area contributed by atoms with Gasteiger partial charge < -0.3 is 20.5 Å². The van der Waals surface area contributed by atoms with Crippen molar-refractivity contribution < 1.29 is 19.1 Å². The third-order valence-electron chi connectivity index (χ3n) is 3.38. The Morgan fingerprint density at radius 1 is 1.48 bits per heavy atom. The van der Waals surface area contributed by atoms with Crippen molar-refractivity contribution in [2.45, 2.75) is 32.4 Å². The van der Waals surface area contributed by atoms with E-state index in [1.54, 1.807) is 0 Å². The number of esters is 1. The topological polar surface area (TPSA) is 93.9 Å². The number of hydrogen-bond donors (Lipinski definition) is 2. The summed E-state index contributed by atoms with van der Waals surface area (Å²) in [6, 6.07) is -0.589. The molecule has 2 unspecified atom stereocenters. The van der Waals surface area contributed by atoms with Gasteiger partial charge in [-0.2, -0.15) is 0 Å². The lowest BCUT2D eigenvalue weighted by atomic mass is 10.0. The van der Waals surface area contributed by atoms with Gasteiger partial charge in [0.05, 0.1) is 26.4 Å². The van der Waals surface area contributed by atoms with E-state index < -0.39 is 12.0 Å². The largest absolute Gasteiger partial charge is 0.467 e. The van der Waals surface area contributed by atoms with Crippen LogP contribution in [0.25, 0.3) is 0 Å². The van der Waals surface area contributed by atoms with Crippen molar-refractivity contribution in [3.05, 3.63) is 0 Å². The van der Waals surface area contributed by atoms with Crippen molar-refractivity contribution in [2.75, 3.05) is 39.9 Å². The Balaban J connectivity index is 2.47. The van der Waals surface area contributed by atoms with E-state index in [9.17, 15) is 9.59 Å². The molecule has 1 rings (SSSR count). The molecule has 1 saturated heterocycles. The molecule has 0 aromatic carbocycles. The number of nitrogens with one attached hydrogen (secondary N) is 1. The Morgan fingerprint density at radius 2 is 2.19 bits per heavy atom. The molecular weight excluding hydrogens is 274 g/mol. The molecule has 0 radical (unpaired) electrons. The number of nitrogens with two attached hydrogens (primary N) is 1. The van der Waals surface area contributed by atoms with Crippen LogP contribution in [0.2, 0.25) is 0 Å². The number of morpholine rings is 1. The number of carbonyl (C=O) groups is 2. The summed E-state index contributed by atoms with van der Waals surface area (Å²) < 4.78 is 10.2. The molecule has 0 spiro atoms. The first-order chi connectivity index (χ1) is 9.96. The molecule has 0 aromatic rings. The average Bonchev–Trinajstić information content (AvgIpc) is 2.45. The van der Waals surface area contributed by atoms with Gasteiger partial charge in [0.2, 0.25) is 5.91 Å². The molecule has 1 aliphatic heterocycles. The Bertz CT molecular complexity index is 349. The van der Waals surface area contributed by atoms with Crippen molar-refractivity contribution in [1.82, 2.24) is 10.2 Å². The third kappa shape index (κ3) is 6.41. The van der Waals surface area contributed by atoms with Crippen LogP contribution in [0.4, 0.5) is 0 Å². The van der Waals surface area contributed by atoms with Gasteiger partial charge in [-0.05, 0) is 12.3 Å². The lowest BCUT2D eigenvalue weighted by Crippen LogP contribution is -2.51. The van der Waals surface area contributed by atoms with Crippen LogP contribution in [-0.4, -0.2) is 68.8 Å². The Kier molecular flexibility index (Phi) is 7.63. The summed E-state index contributed by atoms with van der Waals surface area (Å²) in [5.74, 6) is -0.290. The molecule has 7 nitrogen and oxygen atoms in total. The quantitative estimate of drug-likeness (QED) is 0.607. The highest BCUT2D eigenvalue weighted by Gasteiger charge is 2.25. The Morgan fingerprint density at radius 3 is 2.76 bits per heavy atom. The number of methoxy groups -OCH3 is 1. The summed E-state index contributed by atoms with van der Waals surface area (Å²) in [4.78, 5) is 25.8. The normalized spacial score (nSPS) is 21.1. The molecular formula is C14H27N3O4. The lowest BCUT2D eigenvalue weighted by molar-refractivity contribution is -0.145. The average molecular weight is 301 g/mol. The van der Waals surface area contributed by atoms with Crippen LogP contribution in [0, 0.1) is 5.92 Å². The Hall–Kier alpha value is -1.18. The second-order valence-corrected chi connectivity index (χ2v) is 5.74. The molecule has 3 N–H and O–H groups in total. The molecule has 0 aromatic heterocycles. The number of nitrogens with zero attached hydrogens (tertiary/aromatic N) is 1. The molecule has 21 heavy (non-hydrogen) atoms. The van der Waals surface area contributed by atoms with Gasteiger partial charge in [0, 0.05) is 19.6 Å². The summed E-state index contributed by atoms with van der Waals surface area (Å²) in [6.07, 6.45) is 0.533. The number of ether oxygens (including phenoxy) is 2. The van der Waals surface area contributed by atoms with Gasteiger partial charge in [-0.15, -0.1) is 0 Å². The van der Waals surface area contributed by atoms with Gasteiger partial charge in [-0.1, -0.05) is 13.8 Å². The van der Waals surface area contributed by atoms with Gasteiger partial charge in [-0.25, -0.2) is 4.79 Å². The zero-order valence-corrected chi connectivity index (χ0v) is 13.1. The Labute approximate surface area is 126 Å². The van der Waals surface area contributed by atoms with Crippen molar-refractivity contribution in [2.24, 2.45) is 11.7 Å². The van der Waals surface area contributed by atoms with Gasteiger partial charge in [0.25, 0.3) is 0 Å². The van der Waals surface area contributed by atoms with Gasteiger partial charge in [-0.3, -0.25) is 9.69 Å². The molecule has 1 heterocycles. The zero-order valence-electron chi connectivity index (χ0n) is 13.1. The third-order valence-corrected chi connectivity index (χ3v) is 3.38. The van der Waals surface area contributed by atoms with E-state index in [1.165, 1.54) is 7.11 Å². The standard InChI is InChI=1S/C14H27N3O4/c1-10(2)6-12(14(19)20-3)16-13(18)9-17-4-5-21-11(7-15)8-17/h10-12H,4-9,15H2,1-3H3,(H,16,18). The predicted octanol–water partition coefficient (Wildman–Crippen LogP) is -0.650. The van der Waals surface area contributed by atoms with E-state index in [1.807, 2.05) is 18.7 Å². The van der Waals surface area contributed by atoms with Gasteiger partial charge >= 0.3 is 5.97 Å². The maximum atomic E-state index is 12.1. The van der Waals surface area contributed by atoms with Gasteiger partial charge in [0.15, 0.2) is 0 Å². The number of hydrogen-bond acceptors (Lipinski definition) is 6. The molecule has 2 atom stereocenters. The minimum Gasteiger partial charge on any atom is -0.467 e. The maximum absolute atomic E-state index is 12.1. The molecule has 0 saturated carbocycles. The highest BCUT2D eigenvalue weighted by molar-refractivity contribution is 5.85. The molecule has 1 fully saturated rings. The fourth-order valence-electron chi connectivity index (χ4n) is 2.34. The number of rotatable bonds is 7. The van der Waals surface area contributed by atoms with E-state index in [-0.39, 0.29) is 18.6 Å². The summed E-state index contributed by atoms with van der Waals surface area (Å²) in [5, 5.41) is 2.75. The minimum absolute atomic E-state index is 0.0291.